The number of carbonyl (C=O) groups is 3. The number of nitrogens with zero attached hydrogens (tertiary/aromatic N) is 1. The second-order valence-corrected chi connectivity index (χ2v) is 9.39. The average Bonchev–Trinajstić information content (AvgIpc) is 3.33. The minimum absolute atomic E-state index is 0.000268. The highest BCUT2D eigenvalue weighted by atomic mass is 16.6. The molecule has 0 aromatic carbocycles. The third kappa shape index (κ3) is 2.12. The quantitative estimate of drug-likeness (QED) is 0.641. The second-order valence-electron chi connectivity index (χ2n) is 9.39. The van der Waals surface area contributed by atoms with Crippen LogP contribution in [0.3, 0.4) is 0 Å². The molecule has 0 bridgehead atoms. The number of Topliss-reactive ketones (excluding diaryl/α,β-unsaturated/α-hetero) is 1. The van der Waals surface area contributed by atoms with E-state index in [1.54, 1.807) is 6.92 Å². The van der Waals surface area contributed by atoms with Crippen LogP contribution in [0.15, 0.2) is 22.5 Å². The van der Waals surface area contributed by atoms with Crippen molar-refractivity contribution in [3.05, 3.63) is 22.5 Å². The van der Waals surface area contributed by atoms with Gasteiger partial charge in [0, 0.05) is 6.04 Å². The van der Waals surface area contributed by atoms with Crippen LogP contribution in [0.1, 0.15) is 59.3 Å². The molecule has 0 radical (unpaired) electrons. The van der Waals surface area contributed by atoms with Crippen molar-refractivity contribution in [3.63, 3.8) is 0 Å². The molecule has 0 aromatic heterocycles. The van der Waals surface area contributed by atoms with E-state index < -0.39 is 17.1 Å². The second kappa shape index (κ2) is 6.42. The molecule has 3 saturated heterocycles. The lowest BCUT2D eigenvalue weighted by atomic mass is 9.73. The summed E-state index contributed by atoms with van der Waals surface area (Å²) in [5, 5.41) is 0. The summed E-state index contributed by atoms with van der Waals surface area (Å²) in [6.45, 7) is 6.20. The Morgan fingerprint density at radius 3 is 2.57 bits per heavy atom. The van der Waals surface area contributed by atoms with Crippen LogP contribution in [0.4, 0.5) is 0 Å². The van der Waals surface area contributed by atoms with E-state index in [0.717, 1.165) is 37.8 Å². The summed E-state index contributed by atoms with van der Waals surface area (Å²) < 4.78 is 17.5. The normalized spacial score (nSPS) is 41.3. The van der Waals surface area contributed by atoms with E-state index in [1.807, 2.05) is 13.8 Å². The van der Waals surface area contributed by atoms with Crippen molar-refractivity contribution in [2.75, 3.05) is 13.7 Å². The van der Waals surface area contributed by atoms with Crippen LogP contribution in [-0.4, -0.2) is 59.6 Å². The molecule has 7 nitrogen and oxygen atoms in total. The molecule has 3 fully saturated rings. The first-order valence-corrected chi connectivity index (χ1v) is 11.0. The molecule has 0 N–H and O–H groups in total. The van der Waals surface area contributed by atoms with E-state index in [0.29, 0.717) is 29.7 Å². The maximum atomic E-state index is 13.8. The molecule has 30 heavy (non-hydrogen) atoms. The fourth-order valence-corrected chi connectivity index (χ4v) is 6.81. The average molecular weight is 415 g/mol. The lowest BCUT2D eigenvalue weighted by Crippen LogP contribution is -2.66. The molecule has 162 valence electrons. The van der Waals surface area contributed by atoms with Crippen molar-refractivity contribution in [3.8, 4) is 0 Å². The number of cyclic esters (lactones) is 1. The number of carbonyl (C=O) groups excluding carboxylic acids is 3. The van der Waals surface area contributed by atoms with Crippen molar-refractivity contribution >= 4 is 17.7 Å². The summed E-state index contributed by atoms with van der Waals surface area (Å²) in [7, 11) is 1.51. The number of hydrogen-bond acceptors (Lipinski definition) is 7. The van der Waals surface area contributed by atoms with Gasteiger partial charge in [0.15, 0.2) is 5.76 Å². The zero-order valence-corrected chi connectivity index (χ0v) is 18.1. The Labute approximate surface area is 176 Å². The fraction of sp³-hybridized carbons (Fsp3) is 0.696. The predicted molar refractivity (Wildman–Crippen MR) is 106 cm³/mol. The van der Waals surface area contributed by atoms with Gasteiger partial charge in [0.25, 0.3) is 5.60 Å². The molecule has 0 aromatic rings. The third-order valence-electron chi connectivity index (χ3n) is 8.06. The van der Waals surface area contributed by atoms with E-state index in [4.69, 9.17) is 14.2 Å². The van der Waals surface area contributed by atoms with Crippen molar-refractivity contribution in [2.24, 2.45) is 5.92 Å². The molecule has 1 aliphatic carbocycles. The first-order valence-electron chi connectivity index (χ1n) is 11.0. The molecule has 7 heteroatoms. The topological polar surface area (TPSA) is 82.1 Å². The molecule has 2 spiro atoms. The summed E-state index contributed by atoms with van der Waals surface area (Å²) in [5.74, 6) is -0.576. The molecule has 5 atom stereocenters. The summed E-state index contributed by atoms with van der Waals surface area (Å²) in [4.78, 5) is 41.0. The number of ether oxygens (including phenoxy) is 3. The van der Waals surface area contributed by atoms with Crippen molar-refractivity contribution in [2.45, 2.75) is 82.6 Å². The van der Waals surface area contributed by atoms with Gasteiger partial charge in [0.1, 0.15) is 6.10 Å². The van der Waals surface area contributed by atoms with Crippen LogP contribution in [0.2, 0.25) is 0 Å². The maximum absolute atomic E-state index is 13.8. The van der Waals surface area contributed by atoms with Gasteiger partial charge in [-0.1, -0.05) is 6.92 Å². The van der Waals surface area contributed by atoms with E-state index in [1.165, 1.54) is 7.11 Å². The van der Waals surface area contributed by atoms with Gasteiger partial charge in [-0.3, -0.25) is 14.5 Å². The molecule has 5 rings (SSSR count). The lowest BCUT2D eigenvalue weighted by Gasteiger charge is -2.48. The molecule has 0 saturated carbocycles. The Bertz CT molecular complexity index is 919. The van der Waals surface area contributed by atoms with Gasteiger partial charge in [-0.15, -0.1) is 0 Å². The van der Waals surface area contributed by atoms with E-state index in [9.17, 15) is 14.4 Å². The van der Waals surface area contributed by atoms with Gasteiger partial charge in [-0.25, -0.2) is 4.79 Å². The van der Waals surface area contributed by atoms with Gasteiger partial charge in [-0.2, -0.15) is 0 Å². The van der Waals surface area contributed by atoms with Crippen molar-refractivity contribution in [1.82, 2.24) is 4.90 Å². The Morgan fingerprint density at radius 2 is 1.90 bits per heavy atom. The number of rotatable bonds is 2. The third-order valence-corrected chi connectivity index (χ3v) is 8.06. The van der Waals surface area contributed by atoms with E-state index in [-0.39, 0.29) is 29.8 Å². The molecular formula is C23H29NO6. The van der Waals surface area contributed by atoms with Crippen molar-refractivity contribution < 1.29 is 28.6 Å². The molecule has 0 unspecified atom stereocenters. The van der Waals surface area contributed by atoms with Crippen LogP contribution in [-0.2, 0) is 28.6 Å². The molecule has 5 aliphatic rings. The van der Waals surface area contributed by atoms with Gasteiger partial charge < -0.3 is 14.2 Å². The van der Waals surface area contributed by atoms with Gasteiger partial charge in [-0.05, 0) is 70.1 Å². The SMILES string of the molecule is COC1=C(C)C(=O)O[C@@]12C(=O)C(C)=C1CCCCN3[C@H]([C@@H]4C[C@H](C)C(=O)O4)CC[C@]132. The fourth-order valence-electron chi connectivity index (χ4n) is 6.81. The molecular weight excluding hydrogens is 386 g/mol. The van der Waals surface area contributed by atoms with Gasteiger partial charge in [0.05, 0.1) is 24.1 Å². The maximum Gasteiger partial charge on any atom is 0.338 e. The predicted octanol–water partition coefficient (Wildman–Crippen LogP) is 2.44. The zero-order chi connectivity index (χ0) is 21.4. The van der Waals surface area contributed by atoms with Crippen LogP contribution < -0.4 is 0 Å². The number of hydrogen-bond donors (Lipinski definition) is 0. The molecule has 0 amide bonds. The summed E-state index contributed by atoms with van der Waals surface area (Å²) in [6, 6.07) is 0.000268. The van der Waals surface area contributed by atoms with Gasteiger partial charge in [0.2, 0.25) is 5.78 Å². The summed E-state index contributed by atoms with van der Waals surface area (Å²) >= 11 is 0. The summed E-state index contributed by atoms with van der Waals surface area (Å²) in [6.07, 6.45) is 4.69. The Kier molecular flexibility index (Phi) is 4.24. The monoisotopic (exact) mass is 415 g/mol. The van der Waals surface area contributed by atoms with Crippen LogP contribution in [0.5, 0.6) is 0 Å². The highest BCUT2D eigenvalue weighted by Gasteiger charge is 2.76. The summed E-state index contributed by atoms with van der Waals surface area (Å²) in [5.41, 5.74) is -0.0942. The minimum Gasteiger partial charge on any atom is -0.496 e. The van der Waals surface area contributed by atoms with E-state index in [2.05, 4.69) is 4.90 Å². The smallest absolute Gasteiger partial charge is 0.338 e. The first kappa shape index (κ1) is 19.8. The first-order chi connectivity index (χ1) is 14.3. The van der Waals surface area contributed by atoms with E-state index >= 15 is 0 Å². The Hall–Kier alpha value is -2.15. The van der Waals surface area contributed by atoms with Crippen LogP contribution in [0, 0.1) is 5.92 Å². The number of ketones is 1. The highest BCUT2D eigenvalue weighted by Crippen LogP contribution is 2.62. The molecule has 4 heterocycles. The number of esters is 2. The van der Waals surface area contributed by atoms with Crippen molar-refractivity contribution in [1.29, 1.82) is 0 Å². The molecule has 4 aliphatic heterocycles. The van der Waals surface area contributed by atoms with Crippen LogP contribution >= 0.6 is 0 Å². The highest BCUT2D eigenvalue weighted by molar-refractivity contribution is 6.14. The largest absolute Gasteiger partial charge is 0.496 e. The standard InChI is InChI=1S/C23H29NO6/c1-12-11-17(29-20(12)26)16-8-9-22-15(7-5-6-10-24(16)22)13(2)18(25)23(22)19(28-4)14(3)21(27)30-23/h12,16-17H,5-11H2,1-4H3/t12-,16-,17-,22+,23-/m0/s1. The Balaban J connectivity index is 1.69. The van der Waals surface area contributed by atoms with Gasteiger partial charge >= 0.3 is 11.9 Å². The Morgan fingerprint density at radius 1 is 1.13 bits per heavy atom. The lowest BCUT2D eigenvalue weighted by molar-refractivity contribution is -0.168. The minimum atomic E-state index is -1.46. The van der Waals surface area contributed by atoms with Crippen LogP contribution in [0.25, 0.3) is 0 Å². The number of methoxy groups -OCH3 is 1. The zero-order valence-electron chi connectivity index (χ0n) is 18.1.